The molecule has 5 aromatic rings. The molecule has 3 aromatic carbocycles. The Balaban J connectivity index is 1.19. The molecule has 1 saturated heterocycles. The third kappa shape index (κ3) is 5.56. The standard InChI is InChI=1S/C35H31N5O4S/c1-22-18-28(23(2)39(22)26-15-16-30-31(19-26)44-21-43-30)34-33(29-10-6-7-17-36-29)38-35(45)40(34)25-13-11-24(12-14-25)37-32(41)20-42-27-8-4-3-5-9-27/h3-19,33-34H,20-21H2,1-2H3,(H,37,41)(H,38,45). The maximum absolute atomic E-state index is 12.6. The van der Waals surface area contributed by atoms with E-state index in [1.165, 1.54) is 0 Å². The molecule has 2 unspecified atom stereocenters. The highest BCUT2D eigenvalue weighted by atomic mass is 32.1. The van der Waals surface area contributed by atoms with Gasteiger partial charge in [0.25, 0.3) is 5.91 Å². The molecule has 0 bridgehead atoms. The first kappa shape index (κ1) is 28.4. The van der Waals surface area contributed by atoms with Crippen molar-refractivity contribution in [3.05, 3.63) is 126 Å². The van der Waals surface area contributed by atoms with E-state index in [9.17, 15) is 4.79 Å². The number of rotatable bonds is 8. The molecule has 4 heterocycles. The Morgan fingerprint density at radius 3 is 2.49 bits per heavy atom. The molecule has 0 aliphatic carbocycles. The minimum Gasteiger partial charge on any atom is -0.484 e. The van der Waals surface area contributed by atoms with E-state index in [1.54, 1.807) is 6.20 Å². The molecule has 7 rings (SSSR count). The fraction of sp³-hybridized carbons (Fsp3) is 0.171. The van der Waals surface area contributed by atoms with E-state index in [2.05, 4.69) is 40.0 Å². The van der Waals surface area contributed by atoms with Crippen LogP contribution in [-0.2, 0) is 4.79 Å². The van der Waals surface area contributed by atoms with Gasteiger partial charge in [-0.3, -0.25) is 9.78 Å². The Morgan fingerprint density at radius 1 is 0.956 bits per heavy atom. The number of carbonyl (C=O) groups excluding carboxylic acids is 1. The average molecular weight is 618 g/mol. The van der Waals surface area contributed by atoms with Gasteiger partial charge >= 0.3 is 0 Å². The molecule has 0 spiro atoms. The van der Waals surface area contributed by atoms with Crippen molar-refractivity contribution in [2.24, 2.45) is 0 Å². The van der Waals surface area contributed by atoms with Crippen LogP contribution in [0.5, 0.6) is 17.2 Å². The normalized spacial score (nSPS) is 16.8. The molecular formula is C35H31N5O4S. The molecule has 1 amide bonds. The maximum Gasteiger partial charge on any atom is 0.262 e. The predicted octanol–water partition coefficient (Wildman–Crippen LogP) is 6.41. The van der Waals surface area contributed by atoms with E-state index in [-0.39, 0.29) is 31.4 Å². The van der Waals surface area contributed by atoms with Crippen LogP contribution in [-0.4, -0.2) is 34.0 Å². The van der Waals surface area contributed by atoms with Crippen LogP contribution in [0.1, 0.15) is 34.7 Å². The van der Waals surface area contributed by atoms with Crippen molar-refractivity contribution in [2.75, 3.05) is 23.6 Å². The summed E-state index contributed by atoms with van der Waals surface area (Å²) in [5.74, 6) is 1.88. The second-order valence-corrected chi connectivity index (χ2v) is 11.3. The molecule has 2 aromatic heterocycles. The second kappa shape index (κ2) is 12.0. The van der Waals surface area contributed by atoms with Gasteiger partial charge in [-0.1, -0.05) is 24.3 Å². The molecule has 2 aliphatic heterocycles. The zero-order valence-corrected chi connectivity index (χ0v) is 25.6. The zero-order valence-electron chi connectivity index (χ0n) is 24.8. The molecule has 45 heavy (non-hydrogen) atoms. The third-order valence-corrected chi connectivity index (χ3v) is 8.36. The number of para-hydroxylation sites is 1. The van der Waals surface area contributed by atoms with Gasteiger partial charge in [0.1, 0.15) is 5.75 Å². The van der Waals surface area contributed by atoms with Crippen LogP contribution in [0.3, 0.4) is 0 Å². The minimum absolute atomic E-state index is 0.0846. The summed E-state index contributed by atoms with van der Waals surface area (Å²) in [6.07, 6.45) is 1.80. The Labute approximate surface area is 266 Å². The van der Waals surface area contributed by atoms with E-state index in [4.69, 9.17) is 31.4 Å². The summed E-state index contributed by atoms with van der Waals surface area (Å²) in [4.78, 5) is 19.4. The molecule has 1 fully saturated rings. The van der Waals surface area contributed by atoms with Crippen molar-refractivity contribution in [3.63, 3.8) is 0 Å². The van der Waals surface area contributed by atoms with Crippen LogP contribution in [0.15, 0.2) is 103 Å². The summed E-state index contributed by atoms with van der Waals surface area (Å²) in [5.41, 5.74) is 6.71. The van der Waals surface area contributed by atoms with Crippen LogP contribution in [0.2, 0.25) is 0 Å². The summed E-state index contributed by atoms with van der Waals surface area (Å²) in [6.45, 7) is 4.36. The summed E-state index contributed by atoms with van der Waals surface area (Å²) in [5, 5.41) is 7.04. The number of anilines is 2. The van der Waals surface area contributed by atoms with Crippen molar-refractivity contribution in [3.8, 4) is 22.9 Å². The van der Waals surface area contributed by atoms with Gasteiger partial charge in [0.2, 0.25) is 6.79 Å². The lowest BCUT2D eigenvalue weighted by Gasteiger charge is -2.28. The molecule has 9 nitrogen and oxygen atoms in total. The highest BCUT2D eigenvalue weighted by molar-refractivity contribution is 7.80. The van der Waals surface area contributed by atoms with Gasteiger partial charge in [-0.25, -0.2) is 0 Å². The summed E-state index contributed by atoms with van der Waals surface area (Å²) in [6, 6.07) is 30.7. The van der Waals surface area contributed by atoms with Crippen LogP contribution in [0.25, 0.3) is 5.69 Å². The SMILES string of the molecule is Cc1cc(C2C(c3ccccn3)NC(=S)N2c2ccc(NC(=O)COc3ccccc3)cc2)c(C)n1-c1ccc2c(c1)OCO2. The van der Waals surface area contributed by atoms with Crippen molar-refractivity contribution < 1.29 is 19.0 Å². The largest absolute Gasteiger partial charge is 0.484 e. The Kier molecular flexibility index (Phi) is 7.56. The number of fused-ring (bicyclic) bond motifs is 1. The quantitative estimate of drug-likeness (QED) is 0.193. The van der Waals surface area contributed by atoms with E-state index in [1.807, 2.05) is 91.0 Å². The van der Waals surface area contributed by atoms with E-state index < -0.39 is 0 Å². The summed E-state index contributed by atoms with van der Waals surface area (Å²) >= 11 is 5.95. The van der Waals surface area contributed by atoms with Crippen LogP contribution < -0.4 is 29.7 Å². The van der Waals surface area contributed by atoms with Gasteiger partial charge < -0.3 is 34.3 Å². The molecule has 0 radical (unpaired) electrons. The molecular weight excluding hydrogens is 586 g/mol. The first-order chi connectivity index (χ1) is 22.0. The lowest BCUT2D eigenvalue weighted by atomic mass is 9.96. The highest BCUT2D eigenvalue weighted by Crippen LogP contribution is 2.44. The van der Waals surface area contributed by atoms with E-state index >= 15 is 0 Å². The maximum atomic E-state index is 12.6. The summed E-state index contributed by atoms with van der Waals surface area (Å²) in [7, 11) is 0. The lowest BCUT2D eigenvalue weighted by Crippen LogP contribution is -2.29. The third-order valence-electron chi connectivity index (χ3n) is 8.04. The monoisotopic (exact) mass is 617 g/mol. The number of nitrogens with one attached hydrogen (secondary N) is 2. The van der Waals surface area contributed by atoms with Crippen LogP contribution in [0.4, 0.5) is 11.4 Å². The topological polar surface area (TPSA) is 89.9 Å². The Morgan fingerprint density at radius 2 is 1.71 bits per heavy atom. The first-order valence-electron chi connectivity index (χ1n) is 14.6. The van der Waals surface area contributed by atoms with Crippen molar-refractivity contribution in [1.29, 1.82) is 0 Å². The predicted molar refractivity (Wildman–Crippen MR) is 176 cm³/mol. The van der Waals surface area contributed by atoms with Gasteiger partial charge in [-0.2, -0.15) is 0 Å². The Hall–Kier alpha value is -5.35. The molecule has 2 atom stereocenters. The van der Waals surface area contributed by atoms with Crippen LogP contribution in [0, 0.1) is 13.8 Å². The van der Waals surface area contributed by atoms with Crippen LogP contribution >= 0.6 is 12.2 Å². The smallest absolute Gasteiger partial charge is 0.262 e. The van der Waals surface area contributed by atoms with Crippen molar-refractivity contribution >= 4 is 34.6 Å². The number of nitrogens with zero attached hydrogens (tertiary/aromatic N) is 3. The number of amides is 1. The number of pyridine rings is 1. The number of hydrogen-bond acceptors (Lipinski definition) is 6. The zero-order chi connectivity index (χ0) is 30.9. The molecule has 0 saturated carbocycles. The fourth-order valence-electron chi connectivity index (χ4n) is 6.03. The van der Waals surface area contributed by atoms with Crippen molar-refractivity contribution in [2.45, 2.75) is 25.9 Å². The Bertz CT molecular complexity index is 1860. The lowest BCUT2D eigenvalue weighted by molar-refractivity contribution is -0.118. The number of aromatic nitrogens is 2. The second-order valence-electron chi connectivity index (χ2n) is 10.9. The number of aryl methyl sites for hydroxylation is 1. The first-order valence-corrected chi connectivity index (χ1v) is 15.0. The van der Waals surface area contributed by atoms with Gasteiger partial charge in [-0.05, 0) is 98.4 Å². The number of ether oxygens (including phenoxy) is 3. The van der Waals surface area contributed by atoms with E-state index in [0.717, 1.165) is 45.5 Å². The minimum atomic E-state index is -0.242. The summed E-state index contributed by atoms with van der Waals surface area (Å²) < 4.78 is 19.0. The van der Waals surface area contributed by atoms with Crippen molar-refractivity contribution in [1.82, 2.24) is 14.9 Å². The highest BCUT2D eigenvalue weighted by Gasteiger charge is 2.42. The number of thiocarbonyl (C=S) groups is 1. The van der Waals surface area contributed by atoms with Gasteiger partial charge in [0, 0.05) is 40.7 Å². The van der Waals surface area contributed by atoms with Gasteiger partial charge in [0.05, 0.1) is 17.8 Å². The molecule has 2 N–H and O–H groups in total. The van der Waals surface area contributed by atoms with Gasteiger partial charge in [-0.15, -0.1) is 0 Å². The van der Waals surface area contributed by atoms with E-state index in [0.29, 0.717) is 16.5 Å². The molecule has 2 aliphatic rings. The number of benzene rings is 3. The molecule has 226 valence electrons. The average Bonchev–Trinajstić information content (AvgIpc) is 3.75. The molecule has 10 heteroatoms. The number of carbonyl (C=O) groups is 1. The fourth-order valence-corrected chi connectivity index (χ4v) is 6.37. The number of hydrogen-bond donors (Lipinski definition) is 2. The van der Waals surface area contributed by atoms with Gasteiger partial charge in [0.15, 0.2) is 23.2 Å².